The molecule has 2 N–H and O–H groups in total. The normalized spacial score (nSPS) is 10.3. The zero-order valence-electron chi connectivity index (χ0n) is 7.25. The lowest BCUT2D eigenvalue weighted by molar-refractivity contribution is 1.01. The molecule has 2 heterocycles. The molecule has 6 heteroatoms. The summed E-state index contributed by atoms with van der Waals surface area (Å²) >= 11 is 3.14. The van der Waals surface area contributed by atoms with Gasteiger partial charge in [0.15, 0.2) is 4.34 Å². The molecule has 0 aromatic carbocycles. The van der Waals surface area contributed by atoms with E-state index in [9.17, 15) is 0 Å². The predicted octanol–water partition coefficient (Wildman–Crippen LogP) is 1.81. The minimum absolute atomic E-state index is 0.743. The van der Waals surface area contributed by atoms with Crippen molar-refractivity contribution in [1.29, 1.82) is 0 Å². The Morgan fingerprint density at radius 2 is 2.43 bits per heavy atom. The molecule has 0 fully saturated rings. The molecule has 0 radical (unpaired) electrons. The molecule has 72 valence electrons. The van der Waals surface area contributed by atoms with E-state index in [0.29, 0.717) is 0 Å². The highest BCUT2D eigenvalue weighted by atomic mass is 32.2. The Morgan fingerprint density at radius 3 is 3.14 bits per heavy atom. The number of hydrogen-bond acceptors (Lipinski definition) is 6. The number of rotatable bonds is 3. The van der Waals surface area contributed by atoms with Gasteiger partial charge in [0, 0.05) is 17.6 Å². The molecule has 0 saturated heterocycles. The fraction of sp³-hybridized carbons (Fsp3) is 0.125. The molecule has 2 rings (SSSR count). The first-order valence-electron chi connectivity index (χ1n) is 3.94. The average molecular weight is 224 g/mol. The van der Waals surface area contributed by atoms with Crippen molar-refractivity contribution in [3.63, 3.8) is 0 Å². The lowest BCUT2D eigenvalue weighted by Gasteiger charge is -1.98. The van der Waals surface area contributed by atoms with Gasteiger partial charge in [-0.15, -0.1) is 10.2 Å². The number of pyridine rings is 1. The van der Waals surface area contributed by atoms with Crippen molar-refractivity contribution in [2.24, 2.45) is 0 Å². The molecule has 2 aromatic rings. The van der Waals surface area contributed by atoms with Crippen LogP contribution in [0.3, 0.4) is 0 Å². The largest absolute Gasteiger partial charge is 0.399 e. The van der Waals surface area contributed by atoms with Crippen molar-refractivity contribution in [2.75, 3.05) is 5.73 Å². The van der Waals surface area contributed by atoms with Gasteiger partial charge in [0.05, 0.1) is 5.69 Å². The van der Waals surface area contributed by atoms with Gasteiger partial charge in [-0.3, -0.25) is 4.98 Å². The van der Waals surface area contributed by atoms with E-state index < -0.39 is 0 Å². The van der Waals surface area contributed by atoms with Crippen LogP contribution in [0.25, 0.3) is 0 Å². The summed E-state index contributed by atoms with van der Waals surface area (Å²) in [6, 6.07) is 3.65. The van der Waals surface area contributed by atoms with Gasteiger partial charge in [0.2, 0.25) is 0 Å². The second-order valence-electron chi connectivity index (χ2n) is 2.57. The quantitative estimate of drug-likeness (QED) is 0.805. The van der Waals surface area contributed by atoms with Crippen LogP contribution >= 0.6 is 23.1 Å². The van der Waals surface area contributed by atoms with Gasteiger partial charge >= 0.3 is 0 Å². The molecule has 0 aliphatic rings. The molecular formula is C8H8N4S2. The van der Waals surface area contributed by atoms with Gasteiger partial charge in [0.1, 0.15) is 5.51 Å². The smallest absolute Gasteiger partial charge is 0.174 e. The number of aromatic nitrogens is 3. The highest BCUT2D eigenvalue weighted by Gasteiger charge is 2.00. The molecule has 0 spiro atoms. The monoisotopic (exact) mass is 224 g/mol. The number of hydrogen-bond donors (Lipinski definition) is 1. The van der Waals surface area contributed by atoms with E-state index >= 15 is 0 Å². The van der Waals surface area contributed by atoms with Crippen LogP contribution < -0.4 is 5.73 Å². The zero-order chi connectivity index (χ0) is 9.80. The first-order valence-corrected chi connectivity index (χ1v) is 5.80. The first-order chi connectivity index (χ1) is 6.84. The first kappa shape index (κ1) is 9.42. The summed E-state index contributed by atoms with van der Waals surface area (Å²) in [4.78, 5) is 4.19. The van der Waals surface area contributed by atoms with Gasteiger partial charge < -0.3 is 5.73 Å². The van der Waals surface area contributed by atoms with Gasteiger partial charge in [-0.1, -0.05) is 23.1 Å². The van der Waals surface area contributed by atoms with Crippen molar-refractivity contribution in [1.82, 2.24) is 15.2 Å². The Balaban J connectivity index is 1.98. The van der Waals surface area contributed by atoms with Crippen molar-refractivity contribution >= 4 is 28.8 Å². The molecule has 0 unspecified atom stereocenters. The Labute approximate surface area is 89.6 Å². The molecule has 14 heavy (non-hydrogen) atoms. The second kappa shape index (κ2) is 4.39. The average Bonchev–Trinajstić information content (AvgIpc) is 2.67. The highest BCUT2D eigenvalue weighted by Crippen LogP contribution is 2.23. The van der Waals surface area contributed by atoms with Crippen LogP contribution in [0.2, 0.25) is 0 Å². The third-order valence-electron chi connectivity index (χ3n) is 1.52. The van der Waals surface area contributed by atoms with E-state index in [4.69, 9.17) is 5.73 Å². The maximum absolute atomic E-state index is 5.63. The third kappa shape index (κ3) is 2.43. The summed E-state index contributed by atoms with van der Waals surface area (Å²) in [5.41, 5.74) is 9.06. The van der Waals surface area contributed by atoms with Gasteiger partial charge in [-0.05, 0) is 12.1 Å². The fourth-order valence-corrected chi connectivity index (χ4v) is 2.33. The number of thioether (sulfide) groups is 1. The summed E-state index contributed by atoms with van der Waals surface area (Å²) < 4.78 is 0.953. The summed E-state index contributed by atoms with van der Waals surface area (Å²) in [6.07, 6.45) is 1.71. The summed E-state index contributed by atoms with van der Waals surface area (Å²) in [6.45, 7) is 0. The minimum Gasteiger partial charge on any atom is -0.399 e. The molecular weight excluding hydrogens is 216 g/mol. The standard InChI is InChI=1S/C8H8N4S2/c9-6-1-2-10-7(3-6)4-13-8-12-11-5-14-8/h1-3,5H,4H2,(H2,9,10). The van der Waals surface area contributed by atoms with Crippen LogP contribution in [0.4, 0.5) is 5.69 Å². The van der Waals surface area contributed by atoms with Gasteiger partial charge in [0.25, 0.3) is 0 Å². The lowest BCUT2D eigenvalue weighted by atomic mass is 10.3. The van der Waals surface area contributed by atoms with Crippen molar-refractivity contribution in [3.05, 3.63) is 29.5 Å². The molecule has 0 aliphatic carbocycles. The SMILES string of the molecule is Nc1ccnc(CSc2nncs2)c1. The minimum atomic E-state index is 0.743. The van der Waals surface area contributed by atoms with E-state index in [-0.39, 0.29) is 0 Å². The Kier molecular flexibility index (Phi) is 2.95. The van der Waals surface area contributed by atoms with Gasteiger partial charge in [-0.25, -0.2) is 0 Å². The van der Waals surface area contributed by atoms with Crippen molar-refractivity contribution in [3.8, 4) is 0 Å². The van der Waals surface area contributed by atoms with Gasteiger partial charge in [-0.2, -0.15) is 0 Å². The fourth-order valence-electron chi connectivity index (χ4n) is 0.937. The van der Waals surface area contributed by atoms with Crippen LogP contribution in [-0.4, -0.2) is 15.2 Å². The van der Waals surface area contributed by atoms with Crippen LogP contribution in [0.5, 0.6) is 0 Å². The molecule has 0 amide bonds. The number of nitrogens with zero attached hydrogens (tertiary/aromatic N) is 3. The predicted molar refractivity (Wildman–Crippen MR) is 58.1 cm³/mol. The van der Waals surface area contributed by atoms with E-state index in [0.717, 1.165) is 21.5 Å². The Hall–Kier alpha value is -1.14. The second-order valence-corrected chi connectivity index (χ2v) is 4.63. The van der Waals surface area contributed by atoms with E-state index in [2.05, 4.69) is 15.2 Å². The van der Waals surface area contributed by atoms with Crippen molar-refractivity contribution in [2.45, 2.75) is 10.1 Å². The van der Waals surface area contributed by atoms with Crippen LogP contribution in [0.15, 0.2) is 28.2 Å². The Bertz CT molecular complexity index is 401. The topological polar surface area (TPSA) is 64.7 Å². The van der Waals surface area contributed by atoms with E-state index in [1.807, 2.05) is 6.07 Å². The maximum atomic E-state index is 5.63. The highest BCUT2D eigenvalue weighted by molar-refractivity contribution is 8.00. The lowest BCUT2D eigenvalue weighted by Crippen LogP contribution is -1.90. The maximum Gasteiger partial charge on any atom is 0.174 e. The number of anilines is 1. The number of nitrogen functional groups attached to an aromatic ring is 1. The third-order valence-corrected chi connectivity index (χ3v) is 3.42. The molecule has 0 saturated carbocycles. The molecule has 0 atom stereocenters. The molecule has 2 aromatic heterocycles. The molecule has 0 aliphatic heterocycles. The molecule has 4 nitrogen and oxygen atoms in total. The molecule has 0 bridgehead atoms. The van der Waals surface area contributed by atoms with Crippen LogP contribution in [0, 0.1) is 0 Å². The van der Waals surface area contributed by atoms with Crippen LogP contribution in [-0.2, 0) is 5.75 Å². The zero-order valence-corrected chi connectivity index (χ0v) is 8.88. The number of nitrogens with two attached hydrogens (primary N) is 1. The van der Waals surface area contributed by atoms with E-state index in [1.165, 1.54) is 11.3 Å². The Morgan fingerprint density at radius 1 is 1.50 bits per heavy atom. The summed E-state index contributed by atoms with van der Waals surface area (Å²) in [7, 11) is 0. The summed E-state index contributed by atoms with van der Waals surface area (Å²) in [5.74, 6) is 0.778. The van der Waals surface area contributed by atoms with Crippen LogP contribution in [0.1, 0.15) is 5.69 Å². The summed E-state index contributed by atoms with van der Waals surface area (Å²) in [5, 5.41) is 7.68. The van der Waals surface area contributed by atoms with Crippen molar-refractivity contribution < 1.29 is 0 Å². The van der Waals surface area contributed by atoms with E-state index in [1.54, 1.807) is 29.5 Å².